The number of hydrogen-bond acceptors (Lipinski definition) is 3. The number of aromatic nitrogens is 1. The van der Waals surface area contributed by atoms with Crippen molar-refractivity contribution >= 4 is 12.9 Å². The van der Waals surface area contributed by atoms with E-state index < -0.39 is 11.2 Å². The van der Waals surface area contributed by atoms with Gasteiger partial charge in [-0.15, -0.1) is 0 Å². The van der Waals surface area contributed by atoms with E-state index >= 15 is 0 Å². The van der Waals surface area contributed by atoms with Gasteiger partial charge in [0, 0.05) is 17.3 Å². The zero-order valence-corrected chi connectivity index (χ0v) is 17.7. The van der Waals surface area contributed by atoms with E-state index in [9.17, 15) is 9.50 Å². The third kappa shape index (κ3) is 4.92. The Kier molecular flexibility index (Phi) is 5.92. The zero-order valence-electron chi connectivity index (χ0n) is 17.7. The van der Waals surface area contributed by atoms with E-state index in [0.717, 1.165) is 33.4 Å². The van der Waals surface area contributed by atoms with Crippen molar-refractivity contribution in [2.45, 2.75) is 45.8 Å². The minimum absolute atomic E-state index is 0.253. The van der Waals surface area contributed by atoms with Gasteiger partial charge < -0.3 is 9.76 Å². The highest BCUT2D eigenvalue weighted by molar-refractivity contribution is 6.47. The lowest BCUT2D eigenvalue weighted by molar-refractivity contribution is -0.0893. The molecule has 29 heavy (non-hydrogen) atoms. The van der Waals surface area contributed by atoms with Crippen molar-refractivity contribution in [2.75, 3.05) is 0 Å². The van der Waals surface area contributed by atoms with Crippen LogP contribution in [0.25, 0.3) is 22.4 Å². The maximum Gasteiger partial charge on any atom is 0.309 e. The lowest BCUT2D eigenvalue weighted by Gasteiger charge is -2.37. The quantitative estimate of drug-likeness (QED) is 0.633. The topological polar surface area (TPSA) is 42.4 Å². The van der Waals surface area contributed by atoms with Crippen LogP contribution in [0.3, 0.4) is 0 Å². The fourth-order valence-electron chi connectivity index (χ4n) is 2.88. The van der Waals surface area contributed by atoms with Gasteiger partial charge in [0.15, 0.2) is 0 Å². The van der Waals surface area contributed by atoms with Crippen molar-refractivity contribution in [3.05, 3.63) is 72.2 Å². The minimum atomic E-state index is -0.933. The summed E-state index contributed by atoms with van der Waals surface area (Å²) < 4.78 is 19.4. The molecular formula is C24H27BFNO2. The monoisotopic (exact) mass is 391 g/mol. The minimum Gasteiger partial charge on any atom is -0.427 e. The normalized spacial score (nSPS) is 12.1. The highest BCUT2D eigenvalue weighted by Crippen LogP contribution is 2.27. The summed E-state index contributed by atoms with van der Waals surface area (Å²) in [7, 11) is 0.419. The molecular weight excluding hydrogens is 364 g/mol. The lowest BCUT2D eigenvalue weighted by atomic mass is 9.82. The zero-order chi connectivity index (χ0) is 21.2. The first-order valence-electron chi connectivity index (χ1n) is 9.75. The summed E-state index contributed by atoms with van der Waals surface area (Å²) in [6.07, 6.45) is 1.79. The number of pyridine rings is 1. The van der Waals surface area contributed by atoms with E-state index in [4.69, 9.17) is 4.65 Å². The molecule has 5 heteroatoms. The van der Waals surface area contributed by atoms with Gasteiger partial charge in [-0.1, -0.05) is 41.9 Å². The molecule has 2 aromatic carbocycles. The van der Waals surface area contributed by atoms with E-state index in [1.807, 2.05) is 57.2 Å². The van der Waals surface area contributed by atoms with Gasteiger partial charge in [0.05, 0.1) is 16.9 Å². The van der Waals surface area contributed by atoms with E-state index in [2.05, 4.69) is 4.98 Å². The molecule has 150 valence electrons. The molecule has 0 aliphatic rings. The van der Waals surface area contributed by atoms with E-state index in [1.165, 1.54) is 12.1 Å². The molecule has 0 bridgehead atoms. The highest BCUT2D eigenvalue weighted by Gasteiger charge is 2.35. The average molecular weight is 391 g/mol. The van der Waals surface area contributed by atoms with Crippen molar-refractivity contribution in [1.29, 1.82) is 0 Å². The van der Waals surface area contributed by atoms with Crippen LogP contribution in [0.1, 0.15) is 33.3 Å². The molecule has 0 saturated carbocycles. The molecule has 3 aromatic rings. The molecule has 1 N–H and O–H groups in total. The first-order valence-corrected chi connectivity index (χ1v) is 9.75. The first kappa shape index (κ1) is 21.2. The van der Waals surface area contributed by atoms with Gasteiger partial charge in [-0.05, 0) is 63.9 Å². The molecule has 0 amide bonds. The van der Waals surface area contributed by atoms with Crippen LogP contribution >= 0.6 is 0 Å². The van der Waals surface area contributed by atoms with Gasteiger partial charge in [-0.2, -0.15) is 0 Å². The summed E-state index contributed by atoms with van der Waals surface area (Å²) in [6, 6.07) is 16.6. The van der Waals surface area contributed by atoms with E-state index in [1.54, 1.807) is 26.1 Å². The summed E-state index contributed by atoms with van der Waals surface area (Å²) in [4.78, 5) is 4.58. The first-order chi connectivity index (χ1) is 13.6. The lowest BCUT2D eigenvalue weighted by Crippen LogP contribution is -2.49. The highest BCUT2D eigenvalue weighted by atomic mass is 19.1. The Morgan fingerprint density at radius 2 is 1.66 bits per heavy atom. The van der Waals surface area contributed by atoms with E-state index in [-0.39, 0.29) is 5.82 Å². The van der Waals surface area contributed by atoms with Crippen LogP contribution < -0.4 is 5.46 Å². The smallest absolute Gasteiger partial charge is 0.309 e. The molecule has 0 aliphatic heterocycles. The largest absolute Gasteiger partial charge is 0.427 e. The molecule has 0 saturated heterocycles. The van der Waals surface area contributed by atoms with Gasteiger partial charge in [0.25, 0.3) is 0 Å². The Morgan fingerprint density at radius 3 is 2.24 bits per heavy atom. The number of aryl methyl sites for hydroxylation is 1. The number of hydrogen-bond donors (Lipinski definition) is 1. The van der Waals surface area contributed by atoms with Crippen molar-refractivity contribution in [1.82, 2.24) is 4.98 Å². The van der Waals surface area contributed by atoms with Crippen LogP contribution in [0, 0.1) is 12.7 Å². The van der Waals surface area contributed by atoms with Crippen LogP contribution in [0.2, 0.25) is 0 Å². The predicted octanol–water partition coefficient (Wildman–Crippen LogP) is 4.41. The van der Waals surface area contributed by atoms with Crippen LogP contribution in [0.4, 0.5) is 4.39 Å². The second-order valence-electron chi connectivity index (χ2n) is 8.45. The number of halogens is 1. The summed E-state index contributed by atoms with van der Waals surface area (Å²) in [5.74, 6) is -0.253. The SMILES string of the molecule is Cc1cc(-c2ccc(BOC(C)(C)C(C)(C)O)cc2)ncc1-c1cccc(F)c1. The van der Waals surface area contributed by atoms with Crippen molar-refractivity contribution in [3.63, 3.8) is 0 Å². The van der Waals surface area contributed by atoms with Gasteiger partial charge in [-0.3, -0.25) is 4.98 Å². The molecule has 0 atom stereocenters. The van der Waals surface area contributed by atoms with Gasteiger partial charge in [0.2, 0.25) is 0 Å². The van der Waals surface area contributed by atoms with Crippen molar-refractivity contribution < 1.29 is 14.2 Å². The number of rotatable bonds is 6. The van der Waals surface area contributed by atoms with Crippen LogP contribution in [-0.2, 0) is 4.65 Å². The summed E-state index contributed by atoms with van der Waals surface area (Å²) in [6.45, 7) is 9.27. The molecule has 0 radical (unpaired) electrons. The van der Waals surface area contributed by atoms with E-state index in [0.29, 0.717) is 7.48 Å². The second-order valence-corrected chi connectivity index (χ2v) is 8.45. The molecule has 0 fully saturated rings. The fraction of sp³-hybridized carbons (Fsp3) is 0.292. The number of benzene rings is 2. The molecule has 3 nitrogen and oxygen atoms in total. The Bertz CT molecular complexity index is 995. The molecule has 1 aromatic heterocycles. The number of nitrogens with zero attached hydrogens (tertiary/aromatic N) is 1. The molecule has 0 spiro atoms. The molecule has 3 rings (SSSR count). The maximum atomic E-state index is 13.5. The van der Waals surface area contributed by atoms with Gasteiger partial charge in [-0.25, -0.2) is 4.39 Å². The second kappa shape index (κ2) is 8.09. The molecule has 1 heterocycles. The predicted molar refractivity (Wildman–Crippen MR) is 118 cm³/mol. The van der Waals surface area contributed by atoms with Crippen LogP contribution in [0.15, 0.2) is 60.8 Å². The van der Waals surface area contributed by atoms with Crippen LogP contribution in [0.5, 0.6) is 0 Å². The third-order valence-corrected chi connectivity index (χ3v) is 5.57. The average Bonchev–Trinajstić information content (AvgIpc) is 2.66. The third-order valence-electron chi connectivity index (χ3n) is 5.57. The van der Waals surface area contributed by atoms with Crippen LogP contribution in [-0.4, -0.2) is 28.8 Å². The van der Waals surface area contributed by atoms with Gasteiger partial charge in [0.1, 0.15) is 5.82 Å². The van der Waals surface area contributed by atoms with Gasteiger partial charge >= 0.3 is 7.48 Å². The number of aliphatic hydroxyl groups is 1. The molecule has 0 unspecified atom stereocenters. The Labute approximate surface area is 172 Å². The Hall–Kier alpha value is -2.50. The Balaban J connectivity index is 1.76. The standard InChI is InChI=1S/C24H27BFNO2/c1-16-13-22(27-15-21(16)18-7-6-8-20(26)14-18)17-9-11-19(12-10-17)25-29-24(4,5)23(2,3)28/h6-15,25,28H,1-5H3. The summed E-state index contributed by atoms with van der Waals surface area (Å²) in [5.41, 5.74) is 4.10. The van der Waals surface area contributed by atoms with Crippen molar-refractivity contribution in [3.8, 4) is 22.4 Å². The Morgan fingerprint density at radius 1 is 0.966 bits per heavy atom. The molecule has 0 aliphatic carbocycles. The summed E-state index contributed by atoms with van der Waals surface area (Å²) >= 11 is 0. The fourth-order valence-corrected chi connectivity index (χ4v) is 2.88. The summed E-state index contributed by atoms with van der Waals surface area (Å²) in [5, 5.41) is 10.2. The maximum absolute atomic E-state index is 13.5. The van der Waals surface area contributed by atoms with Crippen molar-refractivity contribution in [2.24, 2.45) is 0 Å².